The van der Waals surface area contributed by atoms with Crippen molar-refractivity contribution in [2.45, 2.75) is 38.4 Å². The molecule has 2 unspecified atom stereocenters. The number of alkyl halides is 3. The lowest BCUT2D eigenvalue weighted by molar-refractivity contribution is -0.175. The number of ether oxygens (including phenoxy) is 1. The molecule has 0 radical (unpaired) electrons. The fourth-order valence-corrected chi connectivity index (χ4v) is 2.41. The van der Waals surface area contributed by atoms with Crippen molar-refractivity contribution in [2.24, 2.45) is 11.7 Å². The fourth-order valence-electron chi connectivity index (χ4n) is 2.41. The van der Waals surface area contributed by atoms with E-state index in [1.165, 1.54) is 0 Å². The van der Waals surface area contributed by atoms with Crippen LogP contribution in [0.1, 0.15) is 26.2 Å². The summed E-state index contributed by atoms with van der Waals surface area (Å²) in [5, 5.41) is 0. The van der Waals surface area contributed by atoms with Crippen molar-refractivity contribution in [3.63, 3.8) is 0 Å². The molecule has 4 nitrogen and oxygen atoms in total. The maximum Gasteiger partial charge on any atom is 0.411 e. The summed E-state index contributed by atoms with van der Waals surface area (Å²) in [6.07, 6.45) is -2.44. The molecule has 0 aromatic carbocycles. The molecule has 7 heteroatoms. The number of likely N-dealkylation sites (tertiary alicyclic amines) is 1. The Morgan fingerprint density at radius 2 is 2.16 bits per heavy atom. The van der Waals surface area contributed by atoms with E-state index >= 15 is 0 Å². The van der Waals surface area contributed by atoms with Gasteiger partial charge in [0.15, 0.2) is 0 Å². The Hall–Kier alpha value is -0.820. The lowest BCUT2D eigenvalue weighted by Crippen LogP contribution is -2.51. The van der Waals surface area contributed by atoms with Gasteiger partial charge in [0, 0.05) is 19.1 Å². The third kappa shape index (κ3) is 5.36. The van der Waals surface area contributed by atoms with E-state index in [9.17, 15) is 18.0 Å². The topological polar surface area (TPSA) is 55.6 Å². The number of hydrogen-bond acceptors (Lipinski definition) is 3. The van der Waals surface area contributed by atoms with Crippen LogP contribution in [0.5, 0.6) is 0 Å². The van der Waals surface area contributed by atoms with Gasteiger partial charge in [0.05, 0.1) is 13.0 Å². The van der Waals surface area contributed by atoms with Crippen LogP contribution in [-0.4, -0.2) is 49.3 Å². The molecule has 1 fully saturated rings. The van der Waals surface area contributed by atoms with Gasteiger partial charge in [0.25, 0.3) is 0 Å². The Balaban J connectivity index is 2.35. The molecule has 0 spiro atoms. The van der Waals surface area contributed by atoms with Crippen molar-refractivity contribution in [3.8, 4) is 0 Å². The summed E-state index contributed by atoms with van der Waals surface area (Å²) in [6, 6.07) is -0.0103. The minimum atomic E-state index is -4.34. The summed E-state index contributed by atoms with van der Waals surface area (Å²) in [5.74, 6) is 0.156. The molecular formula is C12H21F3N2O2. The third-order valence-electron chi connectivity index (χ3n) is 3.40. The number of rotatable bonds is 5. The molecule has 2 atom stereocenters. The predicted octanol–water partition coefficient (Wildman–Crippen LogP) is 1.54. The molecule has 0 aromatic rings. The molecule has 1 aliphatic heterocycles. The van der Waals surface area contributed by atoms with Gasteiger partial charge in [-0.3, -0.25) is 4.79 Å². The van der Waals surface area contributed by atoms with Crippen LogP contribution < -0.4 is 5.73 Å². The summed E-state index contributed by atoms with van der Waals surface area (Å²) in [7, 11) is 0. The molecule has 0 aliphatic carbocycles. The van der Waals surface area contributed by atoms with E-state index in [2.05, 4.69) is 4.74 Å². The minimum Gasteiger partial charge on any atom is -0.372 e. The van der Waals surface area contributed by atoms with Gasteiger partial charge in [0.1, 0.15) is 6.61 Å². The van der Waals surface area contributed by atoms with Gasteiger partial charge < -0.3 is 15.4 Å². The van der Waals surface area contributed by atoms with E-state index in [-0.39, 0.29) is 25.0 Å². The van der Waals surface area contributed by atoms with Gasteiger partial charge in [-0.15, -0.1) is 0 Å². The predicted molar refractivity (Wildman–Crippen MR) is 64.4 cm³/mol. The van der Waals surface area contributed by atoms with Crippen molar-refractivity contribution >= 4 is 5.91 Å². The number of nitrogens with zero attached hydrogens (tertiary/aromatic N) is 1. The summed E-state index contributed by atoms with van der Waals surface area (Å²) >= 11 is 0. The van der Waals surface area contributed by atoms with Crippen LogP contribution in [0, 0.1) is 5.92 Å². The molecule has 0 saturated carbocycles. The Bertz CT molecular complexity index is 297. The van der Waals surface area contributed by atoms with Crippen molar-refractivity contribution in [3.05, 3.63) is 0 Å². The van der Waals surface area contributed by atoms with E-state index in [0.29, 0.717) is 19.0 Å². The molecule has 1 heterocycles. The highest BCUT2D eigenvalue weighted by atomic mass is 19.4. The molecule has 1 aliphatic rings. The highest BCUT2D eigenvalue weighted by molar-refractivity contribution is 5.76. The Labute approximate surface area is 111 Å². The molecule has 1 rings (SSSR count). The van der Waals surface area contributed by atoms with Gasteiger partial charge in [-0.1, -0.05) is 6.92 Å². The first-order valence-electron chi connectivity index (χ1n) is 6.49. The molecule has 0 aromatic heterocycles. The Morgan fingerprint density at radius 1 is 1.47 bits per heavy atom. The fraction of sp³-hybridized carbons (Fsp3) is 0.917. The highest BCUT2D eigenvalue weighted by Gasteiger charge is 2.31. The van der Waals surface area contributed by atoms with Crippen LogP contribution in [0.4, 0.5) is 13.2 Å². The molecule has 1 saturated heterocycles. The number of piperidine rings is 1. The summed E-state index contributed by atoms with van der Waals surface area (Å²) in [6.45, 7) is 1.54. The van der Waals surface area contributed by atoms with Gasteiger partial charge in [0.2, 0.25) is 5.91 Å². The van der Waals surface area contributed by atoms with Crippen molar-refractivity contribution < 1.29 is 22.7 Å². The van der Waals surface area contributed by atoms with E-state index in [1.54, 1.807) is 4.90 Å². The quantitative estimate of drug-likeness (QED) is 0.778. The molecule has 0 bridgehead atoms. The van der Waals surface area contributed by atoms with Crippen LogP contribution >= 0.6 is 0 Å². The zero-order chi connectivity index (χ0) is 14.5. The molecule has 19 heavy (non-hydrogen) atoms. The molecule has 112 valence electrons. The number of halogens is 3. The van der Waals surface area contributed by atoms with E-state index in [0.717, 1.165) is 12.8 Å². The monoisotopic (exact) mass is 282 g/mol. The third-order valence-corrected chi connectivity index (χ3v) is 3.40. The van der Waals surface area contributed by atoms with Gasteiger partial charge in [-0.05, 0) is 18.8 Å². The second-order valence-electron chi connectivity index (χ2n) is 4.93. The van der Waals surface area contributed by atoms with Crippen molar-refractivity contribution in [2.75, 3.05) is 26.3 Å². The van der Waals surface area contributed by atoms with Gasteiger partial charge in [-0.2, -0.15) is 13.2 Å². The summed E-state index contributed by atoms with van der Waals surface area (Å²) in [5.41, 5.74) is 5.66. The smallest absolute Gasteiger partial charge is 0.372 e. The van der Waals surface area contributed by atoms with Crippen LogP contribution in [0.25, 0.3) is 0 Å². The maximum atomic E-state index is 11.9. The minimum absolute atomic E-state index is 0.0103. The number of nitrogens with two attached hydrogens (primary N) is 1. The number of carbonyl (C=O) groups excluding carboxylic acids is 1. The zero-order valence-electron chi connectivity index (χ0n) is 11.1. The first-order valence-corrected chi connectivity index (χ1v) is 6.49. The SMILES string of the molecule is CC1CCCN(C(=O)CCOCC(F)(F)F)C1CN. The summed E-state index contributed by atoms with van der Waals surface area (Å²) < 4.78 is 40.0. The van der Waals surface area contributed by atoms with Crippen LogP contribution in [0.3, 0.4) is 0 Å². The zero-order valence-corrected chi connectivity index (χ0v) is 11.1. The highest BCUT2D eigenvalue weighted by Crippen LogP contribution is 2.23. The average Bonchev–Trinajstić information content (AvgIpc) is 2.33. The van der Waals surface area contributed by atoms with Crippen LogP contribution in [-0.2, 0) is 9.53 Å². The number of hydrogen-bond donors (Lipinski definition) is 1. The van der Waals surface area contributed by atoms with E-state index < -0.39 is 12.8 Å². The first kappa shape index (κ1) is 16.2. The second kappa shape index (κ2) is 7.09. The van der Waals surface area contributed by atoms with E-state index in [1.807, 2.05) is 6.92 Å². The van der Waals surface area contributed by atoms with Crippen molar-refractivity contribution in [1.82, 2.24) is 4.90 Å². The Morgan fingerprint density at radius 3 is 2.74 bits per heavy atom. The lowest BCUT2D eigenvalue weighted by Gasteiger charge is -2.39. The van der Waals surface area contributed by atoms with Crippen molar-refractivity contribution in [1.29, 1.82) is 0 Å². The molecular weight excluding hydrogens is 261 g/mol. The normalized spacial score (nSPS) is 24.6. The molecule has 1 amide bonds. The average molecular weight is 282 g/mol. The van der Waals surface area contributed by atoms with Gasteiger partial charge in [-0.25, -0.2) is 0 Å². The number of amides is 1. The lowest BCUT2D eigenvalue weighted by atomic mass is 9.90. The van der Waals surface area contributed by atoms with Gasteiger partial charge >= 0.3 is 6.18 Å². The molecule has 2 N–H and O–H groups in total. The maximum absolute atomic E-state index is 11.9. The largest absolute Gasteiger partial charge is 0.411 e. The first-order chi connectivity index (χ1) is 8.85. The second-order valence-corrected chi connectivity index (χ2v) is 4.93. The summed E-state index contributed by atoms with van der Waals surface area (Å²) in [4.78, 5) is 13.6. The standard InChI is InChI=1S/C12H21F3N2O2/c1-9-3-2-5-17(10(9)7-16)11(18)4-6-19-8-12(13,14)15/h9-10H,2-8,16H2,1H3. The van der Waals surface area contributed by atoms with Crippen LogP contribution in [0.2, 0.25) is 0 Å². The van der Waals surface area contributed by atoms with Crippen LogP contribution in [0.15, 0.2) is 0 Å². The van der Waals surface area contributed by atoms with E-state index in [4.69, 9.17) is 5.73 Å². The number of carbonyl (C=O) groups is 1. The Kier molecular flexibility index (Phi) is 6.06.